The van der Waals surface area contributed by atoms with E-state index in [0.717, 1.165) is 30.8 Å². The summed E-state index contributed by atoms with van der Waals surface area (Å²) in [6, 6.07) is 0. The lowest BCUT2D eigenvalue weighted by Crippen LogP contribution is -2.16. The highest BCUT2D eigenvalue weighted by molar-refractivity contribution is 5.41. The van der Waals surface area contributed by atoms with Crippen LogP contribution < -0.4 is 10.1 Å². The molecule has 0 saturated heterocycles. The fraction of sp³-hybridized carbons (Fsp3) is 0.667. The lowest BCUT2D eigenvalue weighted by atomic mass is 10.1. The molecule has 0 unspecified atom stereocenters. The summed E-state index contributed by atoms with van der Waals surface area (Å²) in [4.78, 5) is 4.52. The molecule has 1 aromatic rings. The number of aromatic nitrogens is 1. The van der Waals surface area contributed by atoms with Crippen LogP contribution in [0.4, 0.5) is 0 Å². The molecule has 0 aliphatic heterocycles. The van der Waals surface area contributed by atoms with E-state index in [9.17, 15) is 0 Å². The molecule has 0 aliphatic carbocycles. The molecule has 0 spiro atoms. The Balaban J connectivity index is 2.43. The molecule has 3 nitrogen and oxygen atoms in total. The maximum Gasteiger partial charge on any atom is 0.128 e. The first-order valence-corrected chi connectivity index (χ1v) is 6.90. The lowest BCUT2D eigenvalue weighted by Gasteiger charge is -2.12. The number of nitrogens with one attached hydrogen (secondary N) is 1. The van der Waals surface area contributed by atoms with Crippen molar-refractivity contribution in [1.29, 1.82) is 0 Å². The summed E-state index contributed by atoms with van der Waals surface area (Å²) in [5, 5.41) is 3.42. The van der Waals surface area contributed by atoms with Gasteiger partial charge in [0.05, 0.1) is 7.11 Å². The Morgan fingerprint density at radius 1 is 1.22 bits per heavy atom. The van der Waals surface area contributed by atoms with Crippen molar-refractivity contribution >= 4 is 0 Å². The molecular weight excluding hydrogens is 224 g/mol. The van der Waals surface area contributed by atoms with Gasteiger partial charge in [-0.1, -0.05) is 6.92 Å². The largest absolute Gasteiger partial charge is 0.496 e. The lowest BCUT2D eigenvalue weighted by molar-refractivity contribution is 0.406. The number of rotatable bonds is 8. The first-order chi connectivity index (χ1) is 8.70. The molecule has 0 aromatic carbocycles. The van der Waals surface area contributed by atoms with Crippen LogP contribution in [0, 0.1) is 13.8 Å². The number of hydrogen-bond donors (Lipinski definition) is 1. The number of unbranched alkanes of at least 4 members (excludes halogenated alkanes) is 1. The molecule has 3 heteroatoms. The molecule has 0 aliphatic rings. The van der Waals surface area contributed by atoms with Crippen LogP contribution in [0.1, 0.15) is 43.0 Å². The van der Waals surface area contributed by atoms with Crippen LogP contribution in [0.3, 0.4) is 0 Å². The molecule has 1 heterocycles. The zero-order chi connectivity index (χ0) is 13.4. The molecule has 102 valence electrons. The summed E-state index contributed by atoms with van der Waals surface area (Å²) in [6.07, 6.45) is 6.54. The van der Waals surface area contributed by atoms with Gasteiger partial charge in [0, 0.05) is 23.0 Å². The van der Waals surface area contributed by atoms with Crippen molar-refractivity contribution in [2.24, 2.45) is 0 Å². The highest BCUT2D eigenvalue weighted by Gasteiger charge is 2.08. The van der Waals surface area contributed by atoms with E-state index in [1.54, 1.807) is 7.11 Å². The van der Waals surface area contributed by atoms with Gasteiger partial charge in [-0.05, 0) is 52.6 Å². The van der Waals surface area contributed by atoms with Gasteiger partial charge in [0.25, 0.3) is 0 Å². The predicted octanol–water partition coefficient (Wildman–Crippen LogP) is 3.03. The van der Waals surface area contributed by atoms with Gasteiger partial charge in [-0.2, -0.15) is 0 Å². The van der Waals surface area contributed by atoms with E-state index in [1.165, 1.54) is 30.5 Å². The SMILES string of the molecule is CCCNCCCCc1ncc(C)c(OC)c1C. The third-order valence-electron chi connectivity index (χ3n) is 3.19. The van der Waals surface area contributed by atoms with Gasteiger partial charge in [-0.15, -0.1) is 0 Å². The monoisotopic (exact) mass is 250 g/mol. The van der Waals surface area contributed by atoms with Crippen LogP contribution in [0.15, 0.2) is 6.20 Å². The summed E-state index contributed by atoms with van der Waals surface area (Å²) < 4.78 is 5.42. The van der Waals surface area contributed by atoms with Crippen molar-refractivity contribution in [3.8, 4) is 5.75 Å². The smallest absolute Gasteiger partial charge is 0.128 e. The van der Waals surface area contributed by atoms with E-state index in [4.69, 9.17) is 4.74 Å². The van der Waals surface area contributed by atoms with E-state index in [1.807, 2.05) is 13.1 Å². The van der Waals surface area contributed by atoms with Gasteiger partial charge in [-0.3, -0.25) is 4.98 Å². The van der Waals surface area contributed by atoms with E-state index < -0.39 is 0 Å². The quantitative estimate of drug-likeness (QED) is 0.720. The number of nitrogens with zero attached hydrogens (tertiary/aromatic N) is 1. The maximum atomic E-state index is 5.42. The summed E-state index contributed by atoms with van der Waals surface area (Å²) in [5.74, 6) is 0.990. The Morgan fingerprint density at radius 3 is 2.67 bits per heavy atom. The molecule has 0 atom stereocenters. The summed E-state index contributed by atoms with van der Waals surface area (Å²) in [7, 11) is 1.73. The van der Waals surface area contributed by atoms with Crippen LogP contribution in [0.25, 0.3) is 0 Å². The number of methoxy groups -OCH3 is 1. The van der Waals surface area contributed by atoms with Crippen molar-refractivity contribution in [2.45, 2.75) is 46.5 Å². The number of hydrogen-bond acceptors (Lipinski definition) is 3. The number of pyridine rings is 1. The minimum atomic E-state index is 0.990. The second-order valence-electron chi connectivity index (χ2n) is 4.75. The van der Waals surface area contributed by atoms with E-state index in [0.29, 0.717) is 0 Å². The van der Waals surface area contributed by atoms with E-state index >= 15 is 0 Å². The second-order valence-corrected chi connectivity index (χ2v) is 4.75. The van der Waals surface area contributed by atoms with Gasteiger partial charge < -0.3 is 10.1 Å². The van der Waals surface area contributed by atoms with Crippen LogP contribution in [-0.4, -0.2) is 25.2 Å². The van der Waals surface area contributed by atoms with Crippen molar-refractivity contribution < 1.29 is 4.74 Å². The molecular formula is C15H26N2O. The number of ether oxygens (including phenoxy) is 1. The van der Waals surface area contributed by atoms with Gasteiger partial charge in [0.15, 0.2) is 0 Å². The Morgan fingerprint density at radius 2 is 2.00 bits per heavy atom. The normalized spacial score (nSPS) is 10.7. The Hall–Kier alpha value is -1.09. The zero-order valence-electron chi connectivity index (χ0n) is 12.2. The highest BCUT2D eigenvalue weighted by atomic mass is 16.5. The van der Waals surface area contributed by atoms with Gasteiger partial charge >= 0.3 is 0 Å². The zero-order valence-corrected chi connectivity index (χ0v) is 12.2. The third kappa shape index (κ3) is 4.30. The molecule has 0 amide bonds. The molecule has 0 fully saturated rings. The Kier molecular flexibility index (Phi) is 6.73. The van der Waals surface area contributed by atoms with Crippen molar-refractivity contribution in [1.82, 2.24) is 10.3 Å². The second kappa shape index (κ2) is 8.09. The van der Waals surface area contributed by atoms with Crippen LogP contribution in [0.5, 0.6) is 5.75 Å². The van der Waals surface area contributed by atoms with Gasteiger partial charge in [-0.25, -0.2) is 0 Å². The minimum Gasteiger partial charge on any atom is -0.496 e. The molecule has 1 aromatic heterocycles. The van der Waals surface area contributed by atoms with Gasteiger partial charge in [0.2, 0.25) is 0 Å². The van der Waals surface area contributed by atoms with Crippen LogP contribution >= 0.6 is 0 Å². The molecule has 1 N–H and O–H groups in total. The molecule has 18 heavy (non-hydrogen) atoms. The van der Waals surface area contributed by atoms with Crippen molar-refractivity contribution in [3.05, 3.63) is 23.0 Å². The van der Waals surface area contributed by atoms with Crippen LogP contribution in [0.2, 0.25) is 0 Å². The topological polar surface area (TPSA) is 34.2 Å². The maximum absolute atomic E-state index is 5.42. The average molecular weight is 250 g/mol. The number of aryl methyl sites for hydroxylation is 2. The van der Waals surface area contributed by atoms with E-state index in [-0.39, 0.29) is 0 Å². The predicted molar refractivity (Wildman–Crippen MR) is 76.4 cm³/mol. The Bertz CT molecular complexity index is 364. The first-order valence-electron chi connectivity index (χ1n) is 6.90. The first kappa shape index (κ1) is 15.0. The van der Waals surface area contributed by atoms with Crippen molar-refractivity contribution in [3.63, 3.8) is 0 Å². The molecule has 0 bridgehead atoms. The average Bonchev–Trinajstić information content (AvgIpc) is 2.36. The Labute approximate surface area is 111 Å². The van der Waals surface area contributed by atoms with Crippen molar-refractivity contribution in [2.75, 3.05) is 20.2 Å². The molecule has 0 radical (unpaired) electrons. The summed E-state index contributed by atoms with van der Waals surface area (Å²) in [6.45, 7) is 8.56. The highest BCUT2D eigenvalue weighted by Crippen LogP contribution is 2.24. The van der Waals surface area contributed by atoms with Gasteiger partial charge in [0.1, 0.15) is 5.75 Å². The fourth-order valence-electron chi connectivity index (χ4n) is 2.17. The fourth-order valence-corrected chi connectivity index (χ4v) is 2.17. The molecule has 0 saturated carbocycles. The van der Waals surface area contributed by atoms with Crippen LogP contribution in [-0.2, 0) is 6.42 Å². The minimum absolute atomic E-state index is 0.990. The third-order valence-corrected chi connectivity index (χ3v) is 3.19. The molecule has 1 rings (SSSR count). The van der Waals surface area contributed by atoms with E-state index in [2.05, 4.69) is 24.1 Å². The summed E-state index contributed by atoms with van der Waals surface area (Å²) >= 11 is 0. The standard InChI is InChI=1S/C15H26N2O/c1-5-9-16-10-7-6-8-14-13(3)15(18-4)12(2)11-17-14/h11,16H,5-10H2,1-4H3. The summed E-state index contributed by atoms with van der Waals surface area (Å²) in [5.41, 5.74) is 3.48.